The summed E-state index contributed by atoms with van der Waals surface area (Å²) in [5.41, 5.74) is 1.87. The van der Waals surface area contributed by atoms with E-state index in [1.807, 2.05) is 12.1 Å². The number of azo groups is 1. The van der Waals surface area contributed by atoms with Crippen molar-refractivity contribution in [2.24, 2.45) is 10.2 Å². The van der Waals surface area contributed by atoms with Gasteiger partial charge in [-0.25, -0.2) is 9.36 Å². The highest BCUT2D eigenvalue weighted by molar-refractivity contribution is 5.88. The summed E-state index contributed by atoms with van der Waals surface area (Å²) < 4.78 is 7.40. The van der Waals surface area contributed by atoms with Crippen LogP contribution in [0.3, 0.4) is 0 Å². The van der Waals surface area contributed by atoms with E-state index in [9.17, 15) is 4.79 Å². The van der Waals surface area contributed by atoms with Crippen molar-refractivity contribution in [3.05, 3.63) is 60.9 Å². The van der Waals surface area contributed by atoms with E-state index in [2.05, 4.69) is 40.7 Å². The monoisotopic (exact) mass is 492 g/mol. The lowest BCUT2D eigenvalue weighted by molar-refractivity contribution is -0.697. The van der Waals surface area contributed by atoms with E-state index in [4.69, 9.17) is 4.74 Å². The molecule has 0 spiro atoms. The quantitative estimate of drug-likeness (QED) is 0.0490. The number of rotatable bonds is 19. The third-order valence-electron chi connectivity index (χ3n) is 6.32. The summed E-state index contributed by atoms with van der Waals surface area (Å²) in [4.78, 5) is 11.6. The van der Waals surface area contributed by atoms with Gasteiger partial charge in [-0.2, -0.15) is 10.2 Å². The van der Waals surface area contributed by atoms with Crippen LogP contribution in [-0.4, -0.2) is 5.97 Å². The number of ether oxygens (including phenoxy) is 1. The average molecular weight is 493 g/mol. The van der Waals surface area contributed by atoms with Gasteiger partial charge in [0, 0.05) is 24.1 Å². The lowest BCUT2D eigenvalue weighted by Crippen LogP contribution is -2.32. The van der Waals surface area contributed by atoms with Crippen LogP contribution >= 0.6 is 0 Å². The Morgan fingerprint density at radius 2 is 1.17 bits per heavy atom. The molecular formula is C31H46N3O2+. The lowest BCUT2D eigenvalue weighted by atomic mass is 10.0. The molecule has 36 heavy (non-hydrogen) atoms. The van der Waals surface area contributed by atoms with Crippen molar-refractivity contribution in [3.63, 3.8) is 0 Å². The number of hydrogen-bond donors (Lipinski definition) is 0. The summed E-state index contributed by atoms with van der Waals surface area (Å²) in [5, 5.41) is 8.56. The second-order valence-electron chi connectivity index (χ2n) is 9.75. The molecule has 2 rings (SSSR count). The molecule has 1 aromatic carbocycles. The molecule has 0 atom stereocenters. The van der Waals surface area contributed by atoms with Crippen LogP contribution in [0.4, 0.5) is 11.4 Å². The van der Waals surface area contributed by atoms with Gasteiger partial charge in [-0.05, 0) is 37.6 Å². The van der Waals surface area contributed by atoms with E-state index in [0.29, 0.717) is 17.0 Å². The van der Waals surface area contributed by atoms with E-state index in [1.54, 1.807) is 31.2 Å². The number of nitrogens with zero attached hydrogens (tertiary/aromatic N) is 3. The first-order chi connectivity index (χ1) is 17.6. The van der Waals surface area contributed by atoms with Gasteiger partial charge in [0.15, 0.2) is 12.4 Å². The van der Waals surface area contributed by atoms with E-state index >= 15 is 0 Å². The summed E-state index contributed by atoms with van der Waals surface area (Å²) in [6.07, 6.45) is 23.5. The van der Waals surface area contributed by atoms with Crippen LogP contribution in [0.15, 0.2) is 71.2 Å². The van der Waals surface area contributed by atoms with Gasteiger partial charge in [-0.1, -0.05) is 90.6 Å². The molecule has 0 unspecified atom stereocenters. The second-order valence-corrected chi connectivity index (χ2v) is 9.75. The molecule has 0 bridgehead atoms. The number of aryl methyl sites for hydroxylation is 1. The van der Waals surface area contributed by atoms with Crippen molar-refractivity contribution in [1.82, 2.24) is 0 Å². The Bertz CT molecular complexity index is 904. The molecule has 5 heteroatoms. The largest absolute Gasteiger partial charge is 0.423 e. The molecule has 5 nitrogen and oxygen atoms in total. The van der Waals surface area contributed by atoms with Gasteiger partial charge < -0.3 is 4.74 Å². The van der Waals surface area contributed by atoms with Crippen LogP contribution in [0, 0.1) is 0 Å². The Morgan fingerprint density at radius 1 is 0.722 bits per heavy atom. The standard InChI is InChI=1S/C31H46N3O2/c1-4-5-6-7-8-9-10-11-12-13-14-15-16-17-24-34-25-22-29(23-26-34)33-32-28-18-20-30(21-19-28)36-31(35)27(2)3/h18-23,25-26H,2,4-17,24H2,1,3H3/q+1. The third kappa shape index (κ3) is 13.3. The average Bonchev–Trinajstić information content (AvgIpc) is 2.89. The third-order valence-corrected chi connectivity index (χ3v) is 6.32. The van der Waals surface area contributed by atoms with Crippen molar-refractivity contribution in [1.29, 1.82) is 0 Å². The summed E-state index contributed by atoms with van der Waals surface area (Å²) in [6, 6.07) is 10.9. The normalized spacial score (nSPS) is 11.2. The SMILES string of the molecule is C=C(C)C(=O)Oc1ccc(N=Nc2cc[n+](CCCCCCCCCCCCCCCC)cc2)cc1. The first kappa shape index (κ1) is 29.4. The van der Waals surface area contributed by atoms with E-state index < -0.39 is 5.97 Å². The maximum Gasteiger partial charge on any atom is 0.338 e. The van der Waals surface area contributed by atoms with Gasteiger partial charge in [-0.15, -0.1) is 0 Å². The number of carbonyl (C=O) groups excluding carboxylic acids is 1. The Labute approximate surface area is 218 Å². The molecule has 0 aliphatic carbocycles. The summed E-state index contributed by atoms with van der Waals surface area (Å²) in [6.45, 7) is 8.52. The Hall–Kier alpha value is -2.82. The number of carbonyl (C=O) groups is 1. The van der Waals surface area contributed by atoms with Gasteiger partial charge >= 0.3 is 5.97 Å². The van der Waals surface area contributed by atoms with Gasteiger partial charge in [0.2, 0.25) is 0 Å². The zero-order chi connectivity index (χ0) is 25.8. The Morgan fingerprint density at radius 3 is 1.64 bits per heavy atom. The number of pyridine rings is 1. The fraction of sp³-hybridized carbons (Fsp3) is 0.548. The topological polar surface area (TPSA) is 54.9 Å². The molecule has 1 heterocycles. The van der Waals surface area contributed by atoms with Crippen LogP contribution in [0.25, 0.3) is 0 Å². The van der Waals surface area contributed by atoms with Gasteiger partial charge in [0.1, 0.15) is 12.3 Å². The second kappa shape index (κ2) is 18.4. The molecule has 0 aliphatic heterocycles. The van der Waals surface area contributed by atoms with Crippen LogP contribution in [0.1, 0.15) is 104 Å². The first-order valence-corrected chi connectivity index (χ1v) is 14.0. The number of benzene rings is 1. The summed E-state index contributed by atoms with van der Waals surface area (Å²) in [7, 11) is 0. The fourth-order valence-electron chi connectivity index (χ4n) is 4.04. The fourth-order valence-corrected chi connectivity index (χ4v) is 4.04. The van der Waals surface area contributed by atoms with Gasteiger partial charge in [0.05, 0.1) is 11.4 Å². The molecule has 0 radical (unpaired) electrons. The van der Waals surface area contributed by atoms with Crippen LogP contribution in [0.5, 0.6) is 5.75 Å². The predicted molar refractivity (Wildman–Crippen MR) is 148 cm³/mol. The minimum absolute atomic E-state index is 0.365. The number of aromatic nitrogens is 1. The number of esters is 1. The molecule has 2 aromatic rings. The highest BCUT2D eigenvalue weighted by Crippen LogP contribution is 2.21. The first-order valence-electron chi connectivity index (χ1n) is 14.0. The predicted octanol–water partition coefficient (Wildman–Crippen LogP) is 9.35. The van der Waals surface area contributed by atoms with Crippen molar-refractivity contribution < 1.29 is 14.1 Å². The smallest absolute Gasteiger partial charge is 0.338 e. The minimum atomic E-state index is -0.434. The highest BCUT2D eigenvalue weighted by Gasteiger charge is 2.05. The summed E-state index contributed by atoms with van der Waals surface area (Å²) >= 11 is 0. The van der Waals surface area contributed by atoms with Crippen molar-refractivity contribution >= 4 is 17.3 Å². The van der Waals surface area contributed by atoms with Crippen molar-refractivity contribution in [3.8, 4) is 5.75 Å². The molecule has 0 N–H and O–H groups in total. The maximum atomic E-state index is 11.6. The zero-order valence-electron chi connectivity index (χ0n) is 22.6. The summed E-state index contributed by atoms with van der Waals surface area (Å²) in [5.74, 6) is 0.0299. The van der Waals surface area contributed by atoms with E-state index in [-0.39, 0.29) is 0 Å². The minimum Gasteiger partial charge on any atom is -0.423 e. The molecule has 0 saturated heterocycles. The highest BCUT2D eigenvalue weighted by atomic mass is 16.5. The van der Waals surface area contributed by atoms with Crippen LogP contribution < -0.4 is 9.30 Å². The molecule has 196 valence electrons. The maximum absolute atomic E-state index is 11.6. The lowest BCUT2D eigenvalue weighted by Gasteiger charge is -2.03. The number of unbranched alkanes of at least 4 members (excludes halogenated alkanes) is 13. The van der Waals surface area contributed by atoms with Crippen LogP contribution in [-0.2, 0) is 11.3 Å². The van der Waals surface area contributed by atoms with Crippen LogP contribution in [0.2, 0.25) is 0 Å². The zero-order valence-corrected chi connectivity index (χ0v) is 22.6. The molecular weight excluding hydrogens is 446 g/mol. The molecule has 0 saturated carbocycles. The van der Waals surface area contributed by atoms with E-state index in [0.717, 1.165) is 12.2 Å². The Balaban J connectivity index is 1.53. The van der Waals surface area contributed by atoms with E-state index in [1.165, 1.54) is 89.9 Å². The van der Waals surface area contributed by atoms with Gasteiger partial charge in [0.25, 0.3) is 0 Å². The number of hydrogen-bond acceptors (Lipinski definition) is 4. The molecule has 0 amide bonds. The molecule has 1 aromatic heterocycles. The van der Waals surface area contributed by atoms with Gasteiger partial charge in [-0.3, -0.25) is 0 Å². The Kier molecular flexibility index (Phi) is 15.1. The van der Waals surface area contributed by atoms with Crippen molar-refractivity contribution in [2.75, 3.05) is 0 Å². The molecule has 0 aliphatic rings. The van der Waals surface area contributed by atoms with Crippen molar-refractivity contribution in [2.45, 2.75) is 110 Å². The molecule has 0 fully saturated rings.